The fourth-order valence-electron chi connectivity index (χ4n) is 8.09. The molecule has 9 aromatic rings. The Labute approximate surface area is 289 Å². The molecule has 2 nitrogen and oxygen atoms in total. The summed E-state index contributed by atoms with van der Waals surface area (Å²) in [6.45, 7) is 4.74. The maximum absolute atomic E-state index is 5.34. The normalized spacial score (nSPS) is 13.6. The molecule has 1 aliphatic rings. The van der Waals surface area contributed by atoms with Crippen molar-refractivity contribution >= 4 is 70.2 Å². The first-order chi connectivity index (χ1) is 24.1. The third-order valence-corrected chi connectivity index (χ3v) is 11.6. The van der Waals surface area contributed by atoms with E-state index in [9.17, 15) is 0 Å². The minimum Gasteiger partial charge on any atom is -0.310 e. The third-order valence-electron chi connectivity index (χ3n) is 10.4. The highest BCUT2D eigenvalue weighted by atomic mass is 32.1. The van der Waals surface area contributed by atoms with Crippen LogP contribution in [0.25, 0.3) is 64.2 Å². The fraction of sp³-hybridized carbons (Fsp3) is 0.0652. The quantitative estimate of drug-likeness (QED) is 0.178. The van der Waals surface area contributed by atoms with Gasteiger partial charge in [-0.2, -0.15) is 0 Å². The molecule has 0 atom stereocenters. The monoisotopic (exact) mass is 644 g/mol. The van der Waals surface area contributed by atoms with Crippen LogP contribution in [0.15, 0.2) is 158 Å². The van der Waals surface area contributed by atoms with Gasteiger partial charge in [-0.3, -0.25) is 0 Å². The fourth-order valence-corrected chi connectivity index (χ4v) is 9.33. The molecule has 49 heavy (non-hydrogen) atoms. The SMILES string of the molecule is CC1(C)c2ccccc2N(c2ccccc2)c2ccc(-c3cc4c(-c5ccccc5)nc5ccccc5c4c4c3sc3ccccc34)cc21. The Bertz CT molecular complexity index is 2740. The van der Waals surface area contributed by atoms with Crippen molar-refractivity contribution in [3.63, 3.8) is 0 Å². The number of rotatable bonds is 3. The molecule has 232 valence electrons. The molecule has 0 bridgehead atoms. The van der Waals surface area contributed by atoms with Gasteiger partial charge in [0, 0.05) is 58.6 Å². The molecule has 0 unspecified atom stereocenters. The summed E-state index contributed by atoms with van der Waals surface area (Å²) in [5, 5.41) is 6.27. The molecule has 0 spiro atoms. The van der Waals surface area contributed by atoms with Crippen LogP contribution in [0, 0.1) is 0 Å². The standard InChI is InChI=1S/C46H32N2S/c1-46(2)36-21-11-13-23-39(36)48(31-17-7-4-8-18-31)40-26-25-30(27-37(40)46)34-28-35-42(43-33-20-10-14-24-41(33)49-45(34)43)32-19-9-12-22-38(32)47-44(35)29-15-5-3-6-16-29/h3-28H,1-2H3. The van der Waals surface area contributed by atoms with Crippen LogP contribution >= 0.6 is 11.3 Å². The minimum atomic E-state index is -0.198. The number of anilines is 3. The summed E-state index contributed by atoms with van der Waals surface area (Å²) >= 11 is 1.90. The topological polar surface area (TPSA) is 16.1 Å². The van der Waals surface area contributed by atoms with E-state index in [1.54, 1.807) is 0 Å². The van der Waals surface area contributed by atoms with E-state index in [4.69, 9.17) is 4.98 Å². The Balaban J connectivity index is 1.32. The van der Waals surface area contributed by atoms with Gasteiger partial charge < -0.3 is 4.90 Å². The number of hydrogen-bond donors (Lipinski definition) is 0. The van der Waals surface area contributed by atoms with E-state index in [1.807, 2.05) is 11.3 Å². The maximum Gasteiger partial charge on any atom is 0.0788 e. The van der Waals surface area contributed by atoms with Crippen molar-refractivity contribution < 1.29 is 0 Å². The first-order valence-corrected chi connectivity index (χ1v) is 17.7. The summed E-state index contributed by atoms with van der Waals surface area (Å²) in [5.41, 5.74) is 11.7. The van der Waals surface area contributed by atoms with Crippen LogP contribution < -0.4 is 4.90 Å². The second-order valence-electron chi connectivity index (χ2n) is 13.5. The van der Waals surface area contributed by atoms with Crippen molar-refractivity contribution in [2.24, 2.45) is 0 Å². The average molecular weight is 645 g/mol. The number of para-hydroxylation sites is 3. The van der Waals surface area contributed by atoms with E-state index in [0.29, 0.717) is 0 Å². The highest BCUT2D eigenvalue weighted by Gasteiger charge is 2.37. The van der Waals surface area contributed by atoms with Crippen molar-refractivity contribution in [1.29, 1.82) is 0 Å². The summed E-state index contributed by atoms with van der Waals surface area (Å²) in [7, 11) is 0. The van der Waals surface area contributed by atoms with Crippen molar-refractivity contribution in [3.05, 3.63) is 169 Å². The molecule has 0 radical (unpaired) electrons. The van der Waals surface area contributed by atoms with Gasteiger partial charge in [-0.1, -0.05) is 123 Å². The lowest BCUT2D eigenvalue weighted by atomic mass is 9.73. The predicted octanol–water partition coefficient (Wildman–Crippen LogP) is 13.2. The Morgan fingerprint density at radius 1 is 0.531 bits per heavy atom. The first kappa shape index (κ1) is 28.3. The molecule has 3 heterocycles. The van der Waals surface area contributed by atoms with Crippen LogP contribution in [0.4, 0.5) is 17.1 Å². The molecule has 0 saturated carbocycles. The highest BCUT2D eigenvalue weighted by Crippen LogP contribution is 2.54. The highest BCUT2D eigenvalue weighted by molar-refractivity contribution is 7.26. The van der Waals surface area contributed by atoms with E-state index in [-0.39, 0.29) is 5.41 Å². The Morgan fingerprint density at radius 3 is 2.04 bits per heavy atom. The lowest BCUT2D eigenvalue weighted by Gasteiger charge is -2.42. The number of thiophene rings is 1. The van der Waals surface area contributed by atoms with Crippen LogP contribution in [0.5, 0.6) is 0 Å². The molecular formula is C46H32N2S. The van der Waals surface area contributed by atoms with Crippen LogP contribution in [-0.4, -0.2) is 4.98 Å². The second kappa shape index (κ2) is 10.6. The summed E-state index contributed by atoms with van der Waals surface area (Å²) in [5.74, 6) is 0. The van der Waals surface area contributed by atoms with Crippen LogP contribution in [0.2, 0.25) is 0 Å². The lowest BCUT2D eigenvalue weighted by Crippen LogP contribution is -2.30. The van der Waals surface area contributed by atoms with Crippen LogP contribution in [0.1, 0.15) is 25.0 Å². The van der Waals surface area contributed by atoms with Gasteiger partial charge in [0.15, 0.2) is 0 Å². The molecule has 7 aromatic carbocycles. The molecule has 0 N–H and O–H groups in total. The number of fused-ring (bicyclic) bond motifs is 9. The zero-order valence-electron chi connectivity index (χ0n) is 27.3. The zero-order valence-corrected chi connectivity index (χ0v) is 28.1. The van der Waals surface area contributed by atoms with E-state index >= 15 is 0 Å². The number of pyridine rings is 1. The zero-order chi connectivity index (χ0) is 32.7. The van der Waals surface area contributed by atoms with Gasteiger partial charge in [-0.25, -0.2) is 4.98 Å². The molecular weight excluding hydrogens is 613 g/mol. The Morgan fingerprint density at radius 2 is 1.20 bits per heavy atom. The maximum atomic E-state index is 5.34. The first-order valence-electron chi connectivity index (χ1n) is 16.9. The van der Waals surface area contributed by atoms with E-state index in [2.05, 4.69) is 176 Å². The van der Waals surface area contributed by atoms with Gasteiger partial charge in [-0.15, -0.1) is 11.3 Å². The van der Waals surface area contributed by atoms with Crippen molar-refractivity contribution in [2.45, 2.75) is 19.3 Å². The second-order valence-corrected chi connectivity index (χ2v) is 14.6. The van der Waals surface area contributed by atoms with E-state index in [1.165, 1.54) is 75.6 Å². The smallest absolute Gasteiger partial charge is 0.0788 e. The molecule has 3 heteroatoms. The van der Waals surface area contributed by atoms with Gasteiger partial charge >= 0.3 is 0 Å². The minimum absolute atomic E-state index is 0.198. The molecule has 0 aliphatic carbocycles. The van der Waals surface area contributed by atoms with Gasteiger partial charge in [0.2, 0.25) is 0 Å². The molecule has 0 amide bonds. The Hall–Kier alpha value is -5.77. The van der Waals surface area contributed by atoms with E-state index in [0.717, 1.165) is 16.8 Å². The van der Waals surface area contributed by atoms with Crippen molar-refractivity contribution in [1.82, 2.24) is 4.98 Å². The number of benzene rings is 7. The molecule has 1 aliphatic heterocycles. The van der Waals surface area contributed by atoms with E-state index < -0.39 is 0 Å². The summed E-state index contributed by atoms with van der Waals surface area (Å²) in [6.07, 6.45) is 0. The number of hydrogen-bond acceptors (Lipinski definition) is 3. The number of nitrogens with zero attached hydrogens (tertiary/aromatic N) is 2. The van der Waals surface area contributed by atoms with Crippen LogP contribution in [-0.2, 0) is 5.41 Å². The van der Waals surface area contributed by atoms with Gasteiger partial charge in [0.05, 0.1) is 22.6 Å². The van der Waals surface area contributed by atoms with Crippen molar-refractivity contribution in [2.75, 3.05) is 4.90 Å². The summed E-state index contributed by atoms with van der Waals surface area (Å²) < 4.78 is 2.62. The summed E-state index contributed by atoms with van der Waals surface area (Å²) in [4.78, 5) is 7.77. The predicted molar refractivity (Wildman–Crippen MR) is 210 cm³/mol. The third kappa shape index (κ3) is 4.16. The number of aromatic nitrogens is 1. The lowest BCUT2D eigenvalue weighted by molar-refractivity contribution is 0.632. The van der Waals surface area contributed by atoms with Gasteiger partial charge in [0.25, 0.3) is 0 Å². The summed E-state index contributed by atoms with van der Waals surface area (Å²) in [6, 6.07) is 57.4. The Kier molecular flexibility index (Phi) is 6.12. The molecule has 2 aromatic heterocycles. The molecule has 10 rings (SSSR count). The average Bonchev–Trinajstić information content (AvgIpc) is 3.55. The largest absolute Gasteiger partial charge is 0.310 e. The van der Waals surface area contributed by atoms with Crippen LogP contribution in [0.3, 0.4) is 0 Å². The molecule has 0 saturated heterocycles. The van der Waals surface area contributed by atoms with Gasteiger partial charge in [-0.05, 0) is 65.2 Å². The molecule has 0 fully saturated rings. The van der Waals surface area contributed by atoms with Crippen molar-refractivity contribution in [3.8, 4) is 22.4 Å². The van der Waals surface area contributed by atoms with Gasteiger partial charge in [0.1, 0.15) is 0 Å².